The number of nitrogens with two attached hydrogens (primary N) is 1. The highest BCUT2D eigenvalue weighted by molar-refractivity contribution is 5.42. The van der Waals surface area contributed by atoms with E-state index < -0.39 is 0 Å². The van der Waals surface area contributed by atoms with Crippen molar-refractivity contribution in [1.82, 2.24) is 5.16 Å². The van der Waals surface area contributed by atoms with Gasteiger partial charge in [0.15, 0.2) is 0 Å². The molecule has 1 aliphatic carbocycles. The van der Waals surface area contributed by atoms with Gasteiger partial charge in [-0.3, -0.25) is 0 Å². The molecule has 2 N–H and O–H groups in total. The van der Waals surface area contributed by atoms with E-state index in [1.165, 1.54) is 25.7 Å². The molecule has 84 valence electrons. The number of hydrogen-bond acceptors (Lipinski definition) is 3. The summed E-state index contributed by atoms with van der Waals surface area (Å²) in [7, 11) is 0. The van der Waals surface area contributed by atoms with Crippen LogP contribution >= 0.6 is 0 Å². The molecule has 0 spiro atoms. The fourth-order valence-corrected chi connectivity index (χ4v) is 2.89. The third kappa shape index (κ3) is 1.54. The van der Waals surface area contributed by atoms with E-state index in [2.05, 4.69) is 19.0 Å². The van der Waals surface area contributed by atoms with Crippen LogP contribution in [0.2, 0.25) is 0 Å². The lowest BCUT2D eigenvalue weighted by Gasteiger charge is -2.25. The molecule has 0 saturated heterocycles. The van der Waals surface area contributed by atoms with Gasteiger partial charge >= 0.3 is 0 Å². The van der Waals surface area contributed by atoms with E-state index in [9.17, 15) is 0 Å². The van der Waals surface area contributed by atoms with Gasteiger partial charge in [-0.25, -0.2) is 0 Å². The zero-order valence-corrected chi connectivity index (χ0v) is 9.68. The smallest absolute Gasteiger partial charge is 0.225 e. The van der Waals surface area contributed by atoms with Crippen molar-refractivity contribution in [3.63, 3.8) is 0 Å². The monoisotopic (exact) mass is 208 g/mol. The van der Waals surface area contributed by atoms with Gasteiger partial charge in [-0.15, -0.1) is 0 Å². The van der Waals surface area contributed by atoms with Crippen molar-refractivity contribution in [2.75, 3.05) is 5.73 Å². The molecule has 0 atom stereocenters. The van der Waals surface area contributed by atoms with E-state index >= 15 is 0 Å². The summed E-state index contributed by atoms with van der Waals surface area (Å²) in [5.74, 6) is 0.521. The normalized spacial score (nSPS) is 19.6. The van der Waals surface area contributed by atoms with E-state index in [-0.39, 0.29) is 5.41 Å². The first-order valence-corrected chi connectivity index (χ1v) is 5.98. The molecule has 0 aromatic carbocycles. The molecule has 1 aromatic rings. The lowest BCUT2D eigenvalue weighted by atomic mass is 9.78. The van der Waals surface area contributed by atoms with Gasteiger partial charge in [0.25, 0.3) is 0 Å². The van der Waals surface area contributed by atoms with Gasteiger partial charge in [0.1, 0.15) is 0 Å². The quantitative estimate of drug-likeness (QED) is 0.830. The van der Waals surface area contributed by atoms with Crippen LogP contribution in [0.1, 0.15) is 57.2 Å². The Hall–Kier alpha value is -0.990. The highest BCUT2D eigenvalue weighted by Crippen LogP contribution is 2.45. The molecule has 1 aliphatic rings. The molecule has 0 radical (unpaired) electrons. The predicted octanol–water partition coefficient (Wildman–Crippen LogP) is 3.04. The Morgan fingerprint density at radius 2 is 2.00 bits per heavy atom. The number of anilines is 1. The first-order chi connectivity index (χ1) is 7.23. The molecule has 1 fully saturated rings. The van der Waals surface area contributed by atoms with Crippen LogP contribution < -0.4 is 5.73 Å². The van der Waals surface area contributed by atoms with Crippen molar-refractivity contribution < 1.29 is 4.52 Å². The molecule has 2 rings (SSSR count). The summed E-state index contributed by atoms with van der Waals surface area (Å²) >= 11 is 0. The van der Waals surface area contributed by atoms with Gasteiger partial charge in [0.2, 0.25) is 5.88 Å². The van der Waals surface area contributed by atoms with Crippen LogP contribution in [-0.4, -0.2) is 5.16 Å². The molecule has 3 nitrogen and oxygen atoms in total. The lowest BCUT2D eigenvalue weighted by Crippen LogP contribution is -2.23. The second-order valence-corrected chi connectivity index (χ2v) is 4.57. The summed E-state index contributed by atoms with van der Waals surface area (Å²) < 4.78 is 5.15. The summed E-state index contributed by atoms with van der Waals surface area (Å²) in [6.45, 7) is 4.36. The third-order valence-electron chi connectivity index (χ3n) is 3.91. The number of aromatic nitrogens is 1. The van der Waals surface area contributed by atoms with E-state index in [0.717, 1.165) is 24.1 Å². The van der Waals surface area contributed by atoms with Crippen molar-refractivity contribution in [3.8, 4) is 0 Å². The van der Waals surface area contributed by atoms with Gasteiger partial charge in [-0.05, 0) is 25.7 Å². The van der Waals surface area contributed by atoms with Crippen LogP contribution in [0, 0.1) is 0 Å². The Morgan fingerprint density at radius 1 is 1.33 bits per heavy atom. The highest BCUT2D eigenvalue weighted by Gasteiger charge is 2.38. The molecule has 15 heavy (non-hydrogen) atoms. The fourth-order valence-electron chi connectivity index (χ4n) is 2.89. The summed E-state index contributed by atoms with van der Waals surface area (Å²) in [6, 6.07) is 0. The van der Waals surface area contributed by atoms with Crippen LogP contribution in [0.5, 0.6) is 0 Å². The molecule has 1 saturated carbocycles. The average molecular weight is 208 g/mol. The Morgan fingerprint density at radius 3 is 2.53 bits per heavy atom. The van der Waals surface area contributed by atoms with Crippen molar-refractivity contribution in [3.05, 3.63) is 11.3 Å². The number of rotatable bonds is 3. The predicted molar refractivity (Wildman–Crippen MR) is 60.7 cm³/mol. The van der Waals surface area contributed by atoms with Crippen molar-refractivity contribution in [1.29, 1.82) is 0 Å². The summed E-state index contributed by atoms with van der Waals surface area (Å²) in [4.78, 5) is 0. The van der Waals surface area contributed by atoms with Gasteiger partial charge < -0.3 is 10.3 Å². The van der Waals surface area contributed by atoms with Crippen LogP contribution in [0.25, 0.3) is 0 Å². The standard InChI is InChI=1S/C12H20N2O/c1-3-9-10(14-15-11(9)13)12(4-2)7-5-6-8-12/h3-8,13H2,1-2H3. The summed E-state index contributed by atoms with van der Waals surface area (Å²) in [6.07, 6.45) is 7.16. The fraction of sp³-hybridized carbons (Fsp3) is 0.750. The Kier molecular flexibility index (Phi) is 2.72. The first-order valence-electron chi connectivity index (χ1n) is 5.98. The molecular weight excluding hydrogens is 188 g/mol. The number of nitrogen functional groups attached to an aromatic ring is 1. The number of nitrogens with zero attached hydrogens (tertiary/aromatic N) is 1. The molecule has 1 heterocycles. The summed E-state index contributed by atoms with van der Waals surface area (Å²) in [5.41, 5.74) is 8.34. The minimum Gasteiger partial charge on any atom is -0.367 e. The Balaban J connectivity index is 2.42. The van der Waals surface area contributed by atoms with Crippen molar-refractivity contribution >= 4 is 5.88 Å². The number of hydrogen-bond donors (Lipinski definition) is 1. The van der Waals surface area contributed by atoms with E-state index in [1.807, 2.05) is 0 Å². The molecule has 3 heteroatoms. The van der Waals surface area contributed by atoms with Gasteiger partial charge in [-0.2, -0.15) is 0 Å². The molecule has 1 aromatic heterocycles. The van der Waals surface area contributed by atoms with Crippen LogP contribution in [-0.2, 0) is 11.8 Å². The maximum Gasteiger partial charge on any atom is 0.225 e. The largest absolute Gasteiger partial charge is 0.367 e. The second-order valence-electron chi connectivity index (χ2n) is 4.57. The van der Waals surface area contributed by atoms with Crippen molar-refractivity contribution in [2.24, 2.45) is 0 Å². The van der Waals surface area contributed by atoms with Crippen LogP contribution in [0.4, 0.5) is 5.88 Å². The molecule has 0 bridgehead atoms. The minimum atomic E-state index is 0.256. The van der Waals surface area contributed by atoms with Crippen LogP contribution in [0.3, 0.4) is 0 Å². The van der Waals surface area contributed by atoms with E-state index in [0.29, 0.717) is 5.88 Å². The zero-order valence-electron chi connectivity index (χ0n) is 9.68. The zero-order chi connectivity index (χ0) is 10.9. The third-order valence-corrected chi connectivity index (χ3v) is 3.91. The van der Waals surface area contributed by atoms with E-state index in [4.69, 9.17) is 10.3 Å². The SMILES string of the molecule is CCc1c(C2(CC)CCCC2)noc1N. The molecule has 0 amide bonds. The molecule has 0 unspecified atom stereocenters. The average Bonchev–Trinajstić information content (AvgIpc) is 2.84. The van der Waals surface area contributed by atoms with E-state index in [1.54, 1.807) is 0 Å². The lowest BCUT2D eigenvalue weighted by molar-refractivity contribution is 0.360. The second kappa shape index (κ2) is 3.87. The topological polar surface area (TPSA) is 52.0 Å². The maximum atomic E-state index is 5.80. The van der Waals surface area contributed by atoms with Crippen molar-refractivity contribution in [2.45, 2.75) is 57.8 Å². The van der Waals surface area contributed by atoms with Gasteiger partial charge in [0.05, 0.1) is 5.69 Å². The first kappa shape index (κ1) is 10.5. The molecule has 0 aliphatic heterocycles. The maximum absolute atomic E-state index is 5.80. The Labute approximate surface area is 91.0 Å². The van der Waals surface area contributed by atoms with Gasteiger partial charge in [0, 0.05) is 11.0 Å². The van der Waals surface area contributed by atoms with Crippen LogP contribution in [0.15, 0.2) is 4.52 Å². The Bertz CT molecular complexity index is 337. The highest BCUT2D eigenvalue weighted by atomic mass is 16.5. The molecular formula is C12H20N2O. The minimum absolute atomic E-state index is 0.256. The summed E-state index contributed by atoms with van der Waals surface area (Å²) in [5, 5.41) is 4.21. The van der Waals surface area contributed by atoms with Gasteiger partial charge in [-0.1, -0.05) is 31.8 Å².